The van der Waals surface area contributed by atoms with E-state index >= 15 is 0 Å². The van der Waals surface area contributed by atoms with E-state index in [2.05, 4.69) is 5.10 Å². The highest BCUT2D eigenvalue weighted by Gasteiger charge is 2.29. The average molecular weight is 446 g/mol. The number of anilines is 1. The first-order valence-electron chi connectivity index (χ1n) is 10.2. The van der Waals surface area contributed by atoms with E-state index in [0.717, 1.165) is 18.4 Å². The van der Waals surface area contributed by atoms with Crippen LogP contribution in [-0.4, -0.2) is 43.4 Å². The summed E-state index contributed by atoms with van der Waals surface area (Å²) in [5.41, 5.74) is 3.13. The van der Waals surface area contributed by atoms with Gasteiger partial charge in [-0.25, -0.2) is 22.1 Å². The van der Waals surface area contributed by atoms with Crippen molar-refractivity contribution in [3.8, 4) is 11.3 Å². The predicted octanol–water partition coefficient (Wildman–Crippen LogP) is 3.98. The zero-order chi connectivity index (χ0) is 22.3. The molecule has 1 aliphatic rings. The minimum atomic E-state index is -3.48. The van der Waals surface area contributed by atoms with E-state index in [0.29, 0.717) is 29.0 Å². The number of carbonyl (C=O) groups excluding carboxylic acids is 1. The van der Waals surface area contributed by atoms with Crippen molar-refractivity contribution in [3.05, 3.63) is 53.5 Å². The van der Waals surface area contributed by atoms with Gasteiger partial charge in [-0.2, -0.15) is 5.10 Å². The molecular formula is C22H24FN3O4S. The number of hydrogen-bond acceptors (Lipinski definition) is 5. The summed E-state index contributed by atoms with van der Waals surface area (Å²) in [6.07, 6.45) is 4.40. The van der Waals surface area contributed by atoms with Crippen LogP contribution in [0.3, 0.4) is 0 Å². The molecule has 1 unspecified atom stereocenters. The highest BCUT2D eigenvalue weighted by atomic mass is 32.2. The average Bonchev–Trinajstić information content (AvgIpc) is 2.99. The van der Waals surface area contributed by atoms with E-state index in [1.165, 1.54) is 27.2 Å². The van der Waals surface area contributed by atoms with Crippen LogP contribution in [0.4, 0.5) is 10.1 Å². The van der Waals surface area contributed by atoms with Crippen molar-refractivity contribution in [2.45, 2.75) is 32.6 Å². The molecular weight excluding hydrogens is 421 g/mol. The maximum Gasteiger partial charge on any atom is 0.342 e. The number of pyridine rings is 1. The number of fused-ring (bicyclic) bond motifs is 2. The number of benzene rings is 1. The molecule has 1 aromatic carbocycles. The van der Waals surface area contributed by atoms with Crippen molar-refractivity contribution in [1.29, 1.82) is 0 Å². The van der Waals surface area contributed by atoms with Gasteiger partial charge in [0, 0.05) is 12.1 Å². The number of halogens is 1. The second kappa shape index (κ2) is 7.96. The van der Waals surface area contributed by atoms with Gasteiger partial charge >= 0.3 is 5.97 Å². The first kappa shape index (κ1) is 21.3. The number of esters is 1. The van der Waals surface area contributed by atoms with Gasteiger partial charge in [0.2, 0.25) is 10.0 Å². The zero-order valence-electron chi connectivity index (χ0n) is 17.6. The second-order valence-electron chi connectivity index (χ2n) is 7.77. The first-order chi connectivity index (χ1) is 14.7. The fourth-order valence-corrected chi connectivity index (χ4v) is 5.05. The quantitative estimate of drug-likeness (QED) is 0.568. The molecule has 2 aromatic heterocycles. The third-order valence-electron chi connectivity index (χ3n) is 5.58. The van der Waals surface area contributed by atoms with Crippen LogP contribution in [0.25, 0.3) is 16.8 Å². The van der Waals surface area contributed by atoms with E-state index in [-0.39, 0.29) is 18.1 Å². The van der Waals surface area contributed by atoms with Crippen LogP contribution in [0.5, 0.6) is 0 Å². The SMILES string of the molecule is CCOC(=O)c1c(-c2ccc(F)cc2)nn2cc3c(cc12)C(C)CCCN3S(C)(=O)=O. The molecule has 3 heterocycles. The van der Waals surface area contributed by atoms with Crippen molar-refractivity contribution >= 4 is 27.2 Å². The second-order valence-corrected chi connectivity index (χ2v) is 9.68. The molecule has 0 aliphatic carbocycles. The third-order valence-corrected chi connectivity index (χ3v) is 6.76. The Bertz CT molecular complexity index is 1250. The Hall–Kier alpha value is -2.94. The van der Waals surface area contributed by atoms with E-state index in [1.807, 2.05) is 13.0 Å². The van der Waals surface area contributed by atoms with Crippen molar-refractivity contribution < 1.29 is 22.3 Å². The van der Waals surface area contributed by atoms with Crippen LogP contribution in [0.15, 0.2) is 36.5 Å². The van der Waals surface area contributed by atoms with Crippen LogP contribution in [0.1, 0.15) is 48.5 Å². The maximum absolute atomic E-state index is 13.4. The molecule has 4 rings (SSSR count). The Labute approximate surface area is 180 Å². The summed E-state index contributed by atoms with van der Waals surface area (Å²) in [4.78, 5) is 12.9. The van der Waals surface area contributed by atoms with Gasteiger partial charge in [0.15, 0.2) is 0 Å². The minimum Gasteiger partial charge on any atom is -0.462 e. The van der Waals surface area contributed by atoms with E-state index in [1.54, 1.807) is 25.3 Å². The van der Waals surface area contributed by atoms with Gasteiger partial charge in [0.1, 0.15) is 17.1 Å². The fourth-order valence-electron chi connectivity index (χ4n) is 4.07. The van der Waals surface area contributed by atoms with Crippen molar-refractivity contribution in [2.75, 3.05) is 23.7 Å². The van der Waals surface area contributed by atoms with E-state index < -0.39 is 21.8 Å². The minimum absolute atomic E-state index is 0.103. The Kier molecular flexibility index (Phi) is 5.47. The normalized spacial score (nSPS) is 16.8. The summed E-state index contributed by atoms with van der Waals surface area (Å²) >= 11 is 0. The molecule has 0 saturated heterocycles. The van der Waals surface area contributed by atoms with Gasteiger partial charge in [-0.3, -0.25) is 4.31 Å². The summed E-state index contributed by atoms with van der Waals surface area (Å²) < 4.78 is 46.5. The predicted molar refractivity (Wildman–Crippen MR) is 116 cm³/mol. The van der Waals surface area contributed by atoms with Crippen LogP contribution < -0.4 is 4.31 Å². The summed E-state index contributed by atoms with van der Waals surface area (Å²) in [7, 11) is -3.48. The molecule has 0 bridgehead atoms. The Morgan fingerprint density at radius 1 is 1.29 bits per heavy atom. The van der Waals surface area contributed by atoms with E-state index in [4.69, 9.17) is 4.74 Å². The molecule has 0 fully saturated rings. The number of sulfonamides is 1. The van der Waals surface area contributed by atoms with Crippen molar-refractivity contribution in [2.24, 2.45) is 0 Å². The molecule has 9 heteroatoms. The number of rotatable bonds is 4. The zero-order valence-corrected chi connectivity index (χ0v) is 18.4. The molecule has 1 aliphatic heterocycles. The highest BCUT2D eigenvalue weighted by molar-refractivity contribution is 7.92. The number of nitrogens with zero attached hydrogens (tertiary/aromatic N) is 3. The van der Waals surface area contributed by atoms with Gasteiger partial charge in [-0.1, -0.05) is 6.92 Å². The molecule has 0 amide bonds. The third kappa shape index (κ3) is 3.89. The number of carbonyl (C=O) groups is 1. The number of hydrogen-bond donors (Lipinski definition) is 0. The monoisotopic (exact) mass is 445 g/mol. The molecule has 0 spiro atoms. The van der Waals surface area contributed by atoms with Crippen LogP contribution in [-0.2, 0) is 14.8 Å². The van der Waals surface area contributed by atoms with Gasteiger partial charge in [0.05, 0.1) is 30.3 Å². The lowest BCUT2D eigenvalue weighted by Gasteiger charge is -2.23. The molecule has 164 valence electrons. The number of ether oxygens (including phenoxy) is 1. The molecule has 3 aromatic rings. The van der Waals surface area contributed by atoms with Crippen LogP contribution in [0, 0.1) is 5.82 Å². The Morgan fingerprint density at radius 3 is 2.65 bits per heavy atom. The Morgan fingerprint density at radius 2 is 2.00 bits per heavy atom. The first-order valence-corrected chi connectivity index (χ1v) is 12.0. The van der Waals surface area contributed by atoms with Crippen LogP contribution >= 0.6 is 0 Å². The fraction of sp³-hybridized carbons (Fsp3) is 0.364. The summed E-state index contributed by atoms with van der Waals surface area (Å²) in [6, 6.07) is 7.54. The molecule has 31 heavy (non-hydrogen) atoms. The topological polar surface area (TPSA) is 81.0 Å². The largest absolute Gasteiger partial charge is 0.462 e. The summed E-state index contributed by atoms with van der Waals surface area (Å²) in [5, 5.41) is 4.57. The van der Waals surface area contributed by atoms with Gasteiger partial charge < -0.3 is 4.74 Å². The highest BCUT2D eigenvalue weighted by Crippen LogP contribution is 2.38. The molecule has 1 atom stereocenters. The lowest BCUT2D eigenvalue weighted by molar-refractivity contribution is 0.0529. The smallest absolute Gasteiger partial charge is 0.342 e. The van der Waals surface area contributed by atoms with E-state index in [9.17, 15) is 17.6 Å². The summed E-state index contributed by atoms with van der Waals surface area (Å²) in [5.74, 6) is -0.821. The molecule has 0 N–H and O–H groups in total. The lowest BCUT2D eigenvalue weighted by Crippen LogP contribution is -2.30. The van der Waals surface area contributed by atoms with Crippen molar-refractivity contribution in [1.82, 2.24) is 9.61 Å². The van der Waals surface area contributed by atoms with Gasteiger partial charge in [0.25, 0.3) is 0 Å². The standard InChI is InChI=1S/C22H24FN3O4S/c1-4-30-22(27)20-18-12-17-14(2)6-5-11-26(31(3,28)29)19(17)13-25(18)24-21(20)15-7-9-16(23)10-8-15/h7-10,12-14H,4-6,11H2,1-3H3. The molecule has 0 saturated carbocycles. The molecule has 0 radical (unpaired) electrons. The number of aromatic nitrogens is 2. The lowest BCUT2D eigenvalue weighted by atomic mass is 9.96. The van der Waals surface area contributed by atoms with Crippen molar-refractivity contribution in [3.63, 3.8) is 0 Å². The molecule has 7 nitrogen and oxygen atoms in total. The Balaban J connectivity index is 2.01. The van der Waals surface area contributed by atoms with Crippen LogP contribution in [0.2, 0.25) is 0 Å². The van der Waals surface area contributed by atoms with Gasteiger partial charge in [-0.05, 0) is 61.6 Å². The van der Waals surface area contributed by atoms with Gasteiger partial charge in [-0.15, -0.1) is 0 Å². The summed E-state index contributed by atoms with van der Waals surface area (Å²) in [6.45, 7) is 4.35. The maximum atomic E-state index is 13.4.